The monoisotopic (exact) mass is 255 g/mol. The van der Waals surface area contributed by atoms with Crippen LogP contribution in [0, 0.1) is 0 Å². The van der Waals surface area contributed by atoms with E-state index in [0.717, 1.165) is 0 Å². The number of hydrogen-bond donors (Lipinski definition) is 2. The number of nitrogens with one attached hydrogen (secondary N) is 1. The third kappa shape index (κ3) is 4.36. The molecule has 6 heteroatoms. The van der Waals surface area contributed by atoms with Crippen molar-refractivity contribution in [2.45, 2.75) is 22.8 Å². The minimum absolute atomic E-state index is 0.741. The zero-order valence-corrected chi connectivity index (χ0v) is 10.3. The number of carbonyl (C=O) groups excluding carboxylic acids is 1. The number of rotatable bonds is 2. The van der Waals surface area contributed by atoms with E-state index in [2.05, 4.69) is 34.3 Å². The van der Waals surface area contributed by atoms with Crippen LogP contribution < -0.4 is 5.32 Å². The van der Waals surface area contributed by atoms with E-state index in [1.165, 1.54) is 23.8 Å². The largest absolute Gasteiger partial charge is 0.480 e. The van der Waals surface area contributed by atoms with Gasteiger partial charge >= 0.3 is 12.1 Å². The first-order valence-electron chi connectivity index (χ1n) is 4.88. The second-order valence-electron chi connectivity index (χ2n) is 3.27. The van der Waals surface area contributed by atoms with Gasteiger partial charge in [-0.3, -0.25) is 4.79 Å². The molecule has 1 unspecified atom stereocenters. The molecule has 17 heavy (non-hydrogen) atoms. The van der Waals surface area contributed by atoms with Crippen LogP contribution >= 0.6 is 11.8 Å². The number of alkyl carbamates (subject to hydrolysis) is 1. The lowest BCUT2D eigenvalue weighted by Gasteiger charge is -2.10. The predicted molar refractivity (Wildman–Crippen MR) is 63.2 cm³/mol. The molecule has 0 saturated carbocycles. The summed E-state index contributed by atoms with van der Waals surface area (Å²) < 4.78 is 4.16. The summed E-state index contributed by atoms with van der Waals surface area (Å²) in [4.78, 5) is 23.2. The van der Waals surface area contributed by atoms with E-state index in [0.29, 0.717) is 0 Å². The molecule has 92 valence electrons. The van der Waals surface area contributed by atoms with Crippen LogP contribution in [-0.2, 0) is 9.53 Å². The van der Waals surface area contributed by atoms with Gasteiger partial charge in [-0.05, 0) is 25.1 Å². The van der Waals surface area contributed by atoms with E-state index >= 15 is 0 Å². The van der Waals surface area contributed by atoms with E-state index in [1.807, 2.05) is 11.8 Å². The maximum absolute atomic E-state index is 10.3. The van der Waals surface area contributed by atoms with Crippen molar-refractivity contribution in [3.63, 3.8) is 0 Å². The SMILES string of the molecule is COC(=O)NC(C)C(=O)O.c1cc2cc(c1)S2. The fourth-order valence-electron chi connectivity index (χ4n) is 0.977. The number of ether oxygens (including phenoxy) is 1. The van der Waals surface area contributed by atoms with Crippen molar-refractivity contribution in [3.8, 4) is 0 Å². The van der Waals surface area contributed by atoms with Crippen molar-refractivity contribution in [1.82, 2.24) is 5.32 Å². The van der Waals surface area contributed by atoms with Gasteiger partial charge in [0.1, 0.15) is 6.04 Å². The van der Waals surface area contributed by atoms with Crippen molar-refractivity contribution in [1.29, 1.82) is 0 Å². The fraction of sp³-hybridized carbons (Fsp3) is 0.273. The van der Waals surface area contributed by atoms with Crippen LogP contribution in [0.3, 0.4) is 0 Å². The second-order valence-corrected chi connectivity index (χ2v) is 4.42. The molecule has 0 saturated heterocycles. The Labute approximate surface area is 103 Å². The lowest BCUT2D eigenvalue weighted by Crippen LogP contribution is -2.38. The van der Waals surface area contributed by atoms with Gasteiger partial charge in [-0.1, -0.05) is 17.8 Å². The molecule has 2 bridgehead atoms. The van der Waals surface area contributed by atoms with Crippen LogP contribution in [0.2, 0.25) is 0 Å². The molecule has 0 spiro atoms. The summed E-state index contributed by atoms with van der Waals surface area (Å²) in [6, 6.07) is 7.61. The molecular weight excluding hydrogens is 242 g/mol. The minimum Gasteiger partial charge on any atom is -0.480 e. The first-order valence-corrected chi connectivity index (χ1v) is 5.70. The number of methoxy groups -OCH3 is 1. The molecule has 1 aromatic rings. The predicted octanol–water partition coefficient (Wildman–Crippen LogP) is 1.97. The summed E-state index contributed by atoms with van der Waals surface area (Å²) in [5.41, 5.74) is 0. The third-order valence-electron chi connectivity index (χ3n) is 1.93. The Morgan fingerprint density at radius 2 is 1.94 bits per heavy atom. The van der Waals surface area contributed by atoms with Crippen LogP contribution in [-0.4, -0.2) is 30.3 Å². The number of benzene rings is 1. The average Bonchev–Trinajstić information content (AvgIpc) is 2.29. The number of hydrogen-bond acceptors (Lipinski definition) is 4. The van der Waals surface area contributed by atoms with E-state index in [-0.39, 0.29) is 0 Å². The van der Waals surface area contributed by atoms with Gasteiger partial charge in [0.2, 0.25) is 0 Å². The highest BCUT2D eigenvalue weighted by Crippen LogP contribution is 2.37. The van der Waals surface area contributed by atoms with Crippen molar-refractivity contribution in [3.05, 3.63) is 24.3 Å². The van der Waals surface area contributed by atoms with E-state index in [1.54, 1.807) is 0 Å². The van der Waals surface area contributed by atoms with Gasteiger partial charge in [-0.25, -0.2) is 4.79 Å². The topological polar surface area (TPSA) is 75.6 Å². The fourth-order valence-corrected chi connectivity index (χ4v) is 1.73. The summed E-state index contributed by atoms with van der Waals surface area (Å²) in [5, 5.41) is 10.3. The molecule has 1 amide bonds. The quantitative estimate of drug-likeness (QED) is 0.858. The minimum atomic E-state index is -1.09. The normalized spacial score (nSPS) is 12.4. The molecule has 3 rings (SSSR count). The summed E-state index contributed by atoms with van der Waals surface area (Å²) in [7, 11) is 1.17. The van der Waals surface area contributed by atoms with Crippen molar-refractivity contribution >= 4 is 23.8 Å². The zero-order valence-electron chi connectivity index (χ0n) is 9.47. The molecule has 2 heterocycles. The van der Waals surface area contributed by atoms with Crippen LogP contribution in [0.15, 0.2) is 34.1 Å². The highest BCUT2D eigenvalue weighted by molar-refractivity contribution is 8.00. The van der Waals surface area contributed by atoms with Gasteiger partial charge in [0, 0.05) is 9.79 Å². The molecule has 0 fully saturated rings. The zero-order chi connectivity index (χ0) is 12.8. The lowest BCUT2D eigenvalue weighted by molar-refractivity contribution is -0.138. The number of aliphatic carboxylic acids is 1. The van der Waals surface area contributed by atoms with Gasteiger partial charge in [0.15, 0.2) is 0 Å². The van der Waals surface area contributed by atoms with Crippen molar-refractivity contribution < 1.29 is 19.4 Å². The molecule has 0 radical (unpaired) electrons. The smallest absolute Gasteiger partial charge is 0.407 e. The first-order chi connectivity index (χ1) is 8.02. The summed E-state index contributed by atoms with van der Waals surface area (Å²) >= 11 is 1.85. The molecule has 5 nitrogen and oxygen atoms in total. The molecule has 2 aliphatic rings. The summed E-state index contributed by atoms with van der Waals surface area (Å²) in [6.07, 6.45) is -0.741. The maximum Gasteiger partial charge on any atom is 0.407 e. The van der Waals surface area contributed by atoms with Gasteiger partial charge in [0.05, 0.1) is 7.11 Å². The van der Waals surface area contributed by atoms with E-state index in [4.69, 9.17) is 5.11 Å². The third-order valence-corrected chi connectivity index (χ3v) is 2.91. The Balaban J connectivity index is 0.000000177. The molecule has 1 atom stereocenters. The van der Waals surface area contributed by atoms with Crippen molar-refractivity contribution in [2.24, 2.45) is 0 Å². The van der Waals surface area contributed by atoms with E-state index < -0.39 is 18.1 Å². The molecule has 1 aromatic carbocycles. The van der Waals surface area contributed by atoms with Crippen LogP contribution in [0.1, 0.15) is 6.92 Å². The Bertz CT molecular complexity index is 397. The van der Waals surface area contributed by atoms with Crippen molar-refractivity contribution in [2.75, 3.05) is 7.11 Å². The molecule has 0 aliphatic carbocycles. The first kappa shape index (κ1) is 13.4. The molecule has 0 aromatic heterocycles. The highest BCUT2D eigenvalue weighted by Gasteiger charge is 2.12. The number of carboxylic acids is 1. The Kier molecular flexibility index (Phi) is 4.84. The molecular formula is C11H13NO4S. The van der Waals surface area contributed by atoms with Crippen LogP contribution in [0.4, 0.5) is 4.79 Å². The molecule has 2 aliphatic heterocycles. The Morgan fingerprint density at radius 1 is 1.41 bits per heavy atom. The number of carboxylic acid groups (broad SMARTS) is 1. The summed E-state index contributed by atoms with van der Waals surface area (Å²) in [6.45, 7) is 1.35. The van der Waals surface area contributed by atoms with Gasteiger partial charge < -0.3 is 15.2 Å². The maximum atomic E-state index is 10.3. The van der Waals surface area contributed by atoms with Gasteiger partial charge in [0.25, 0.3) is 0 Å². The second kappa shape index (κ2) is 6.15. The lowest BCUT2D eigenvalue weighted by atomic mass is 10.3. The highest BCUT2D eigenvalue weighted by atomic mass is 32.2. The Hall–Kier alpha value is -1.69. The van der Waals surface area contributed by atoms with Gasteiger partial charge in [-0.2, -0.15) is 0 Å². The average molecular weight is 255 g/mol. The molecule has 2 N–H and O–H groups in total. The van der Waals surface area contributed by atoms with Crippen LogP contribution in [0.5, 0.6) is 0 Å². The number of fused-ring (bicyclic) bond motifs is 2. The number of carbonyl (C=O) groups is 2. The standard InChI is InChI=1S/C6H4S.C5H9NO4/c1-2-5-4-6(3-1)7-5;1-3(4(7)8)6-5(9)10-2/h1-4H;3H,1-2H3,(H,6,9)(H,7,8). The van der Waals surface area contributed by atoms with Gasteiger partial charge in [-0.15, -0.1) is 0 Å². The van der Waals surface area contributed by atoms with E-state index in [9.17, 15) is 9.59 Å². The number of amides is 1. The summed E-state index contributed by atoms with van der Waals surface area (Å²) in [5.74, 6) is -1.09. The Morgan fingerprint density at radius 3 is 2.18 bits per heavy atom. The van der Waals surface area contributed by atoms with Crippen LogP contribution in [0.25, 0.3) is 0 Å².